The number of benzene rings is 1. The molecule has 0 aromatic heterocycles. The molecular formula is C11H10ClNO3. The Hall–Kier alpha value is -1.73. The van der Waals surface area contributed by atoms with Crippen LogP contribution < -0.4 is 0 Å². The van der Waals surface area contributed by atoms with Crippen molar-refractivity contribution in [2.24, 2.45) is 0 Å². The fourth-order valence-corrected chi connectivity index (χ4v) is 1.54. The summed E-state index contributed by atoms with van der Waals surface area (Å²) in [6.45, 7) is 0. The first kappa shape index (κ1) is 12.3. The first-order valence-corrected chi connectivity index (χ1v) is 5.03. The van der Waals surface area contributed by atoms with Crippen molar-refractivity contribution in [3.8, 4) is 11.8 Å². The number of phenols is 1. The van der Waals surface area contributed by atoms with Gasteiger partial charge in [-0.3, -0.25) is 4.79 Å². The predicted molar refractivity (Wildman–Crippen MR) is 58.1 cm³/mol. The number of esters is 1. The van der Waals surface area contributed by atoms with Gasteiger partial charge in [-0.15, -0.1) is 11.6 Å². The quantitative estimate of drug-likeness (QED) is 0.644. The summed E-state index contributed by atoms with van der Waals surface area (Å²) in [5.74, 6) is -0.477. The summed E-state index contributed by atoms with van der Waals surface area (Å²) in [4.78, 5) is 11.0. The van der Waals surface area contributed by atoms with Crippen molar-refractivity contribution >= 4 is 17.6 Å². The van der Waals surface area contributed by atoms with Crippen LogP contribution in [0.25, 0.3) is 0 Å². The molecule has 16 heavy (non-hydrogen) atoms. The van der Waals surface area contributed by atoms with Gasteiger partial charge in [0.05, 0.1) is 19.1 Å². The Kier molecular flexibility index (Phi) is 4.15. The molecule has 0 aliphatic carbocycles. The zero-order valence-corrected chi connectivity index (χ0v) is 9.41. The fraction of sp³-hybridized carbons (Fsp3) is 0.273. The van der Waals surface area contributed by atoms with Gasteiger partial charge < -0.3 is 9.84 Å². The third kappa shape index (κ3) is 2.65. The van der Waals surface area contributed by atoms with Crippen LogP contribution in [0, 0.1) is 11.3 Å². The molecule has 1 N–H and O–H groups in total. The van der Waals surface area contributed by atoms with Crippen LogP contribution in [0.15, 0.2) is 12.1 Å². The molecule has 0 atom stereocenters. The highest BCUT2D eigenvalue weighted by Crippen LogP contribution is 2.24. The van der Waals surface area contributed by atoms with E-state index in [4.69, 9.17) is 16.9 Å². The van der Waals surface area contributed by atoms with E-state index in [9.17, 15) is 9.90 Å². The monoisotopic (exact) mass is 239 g/mol. The van der Waals surface area contributed by atoms with E-state index in [0.29, 0.717) is 11.1 Å². The molecule has 1 rings (SSSR count). The first-order chi connectivity index (χ1) is 7.62. The van der Waals surface area contributed by atoms with Gasteiger partial charge in [-0.2, -0.15) is 5.26 Å². The molecule has 0 unspecified atom stereocenters. The Labute approximate surface area is 98.0 Å². The normalized spacial score (nSPS) is 9.56. The average molecular weight is 240 g/mol. The van der Waals surface area contributed by atoms with E-state index in [1.54, 1.807) is 6.07 Å². The second-order valence-corrected chi connectivity index (χ2v) is 3.41. The minimum atomic E-state index is -0.412. The molecule has 4 nitrogen and oxygen atoms in total. The van der Waals surface area contributed by atoms with Gasteiger partial charge in [-0.25, -0.2) is 0 Å². The highest BCUT2D eigenvalue weighted by Gasteiger charge is 2.11. The number of phenolic OH excluding ortho intramolecular Hbond substituents is 1. The topological polar surface area (TPSA) is 70.3 Å². The summed E-state index contributed by atoms with van der Waals surface area (Å²) < 4.78 is 4.51. The van der Waals surface area contributed by atoms with Gasteiger partial charge in [0, 0.05) is 5.88 Å². The van der Waals surface area contributed by atoms with Crippen LogP contribution in [0.5, 0.6) is 5.75 Å². The predicted octanol–water partition coefficient (Wildman–Crippen LogP) is 1.72. The van der Waals surface area contributed by atoms with Crippen molar-refractivity contribution in [2.75, 3.05) is 7.11 Å². The van der Waals surface area contributed by atoms with Crippen LogP contribution in [0.2, 0.25) is 0 Å². The van der Waals surface area contributed by atoms with Crippen molar-refractivity contribution in [1.29, 1.82) is 5.26 Å². The molecule has 0 spiro atoms. The van der Waals surface area contributed by atoms with E-state index in [1.807, 2.05) is 6.07 Å². The number of carbonyl (C=O) groups excluding carboxylic acids is 1. The highest BCUT2D eigenvalue weighted by atomic mass is 35.5. The zero-order valence-electron chi connectivity index (χ0n) is 8.66. The first-order valence-electron chi connectivity index (χ1n) is 4.50. The number of methoxy groups -OCH3 is 1. The number of halogens is 1. The van der Waals surface area contributed by atoms with Crippen LogP contribution in [-0.2, 0) is 21.8 Å². The molecule has 0 bridgehead atoms. The Bertz CT molecular complexity index is 451. The number of nitriles is 1. The standard InChI is InChI=1S/C11H10ClNO3/c1-16-11(15)4-7-2-8(5-12)9(6-13)10(14)3-7/h2-3,14H,4-5H2,1H3. The van der Waals surface area contributed by atoms with E-state index in [1.165, 1.54) is 13.2 Å². The molecule has 1 aromatic rings. The maximum atomic E-state index is 11.0. The molecule has 5 heteroatoms. The summed E-state index contributed by atoms with van der Waals surface area (Å²) in [7, 11) is 1.29. The summed E-state index contributed by atoms with van der Waals surface area (Å²) in [6, 6.07) is 4.84. The summed E-state index contributed by atoms with van der Waals surface area (Å²) in [5.41, 5.74) is 1.21. The highest BCUT2D eigenvalue weighted by molar-refractivity contribution is 6.17. The van der Waals surface area contributed by atoms with Gasteiger partial charge in [-0.05, 0) is 17.2 Å². The van der Waals surface area contributed by atoms with Crippen molar-refractivity contribution in [1.82, 2.24) is 0 Å². The number of hydrogen-bond acceptors (Lipinski definition) is 4. The molecular weight excluding hydrogens is 230 g/mol. The molecule has 0 aliphatic rings. The molecule has 0 aliphatic heterocycles. The number of alkyl halides is 1. The summed E-state index contributed by atoms with van der Waals surface area (Å²) >= 11 is 5.65. The fourth-order valence-electron chi connectivity index (χ4n) is 1.33. The number of carbonyl (C=O) groups is 1. The Morgan fingerprint density at radius 1 is 1.62 bits per heavy atom. The maximum absolute atomic E-state index is 11.0. The minimum absolute atomic E-state index is 0.0413. The molecule has 0 saturated carbocycles. The molecule has 84 valence electrons. The third-order valence-corrected chi connectivity index (χ3v) is 2.38. The number of hydrogen-bond donors (Lipinski definition) is 1. The van der Waals surface area contributed by atoms with Crippen LogP contribution >= 0.6 is 11.6 Å². The second-order valence-electron chi connectivity index (χ2n) is 3.15. The zero-order chi connectivity index (χ0) is 12.1. The van der Waals surface area contributed by atoms with Gasteiger partial charge in [0.25, 0.3) is 0 Å². The second kappa shape index (κ2) is 5.38. The molecule has 0 amide bonds. The lowest BCUT2D eigenvalue weighted by molar-refractivity contribution is -0.139. The van der Waals surface area contributed by atoms with Crippen LogP contribution in [0.3, 0.4) is 0 Å². The van der Waals surface area contributed by atoms with Crippen molar-refractivity contribution in [3.63, 3.8) is 0 Å². The number of nitrogens with zero attached hydrogens (tertiary/aromatic N) is 1. The van der Waals surface area contributed by atoms with Gasteiger partial charge in [-0.1, -0.05) is 6.07 Å². The van der Waals surface area contributed by atoms with Crippen molar-refractivity contribution in [2.45, 2.75) is 12.3 Å². The van der Waals surface area contributed by atoms with E-state index in [-0.39, 0.29) is 23.6 Å². The van der Waals surface area contributed by atoms with Gasteiger partial charge in [0.1, 0.15) is 11.8 Å². The van der Waals surface area contributed by atoms with Crippen LogP contribution in [0.1, 0.15) is 16.7 Å². The smallest absolute Gasteiger partial charge is 0.309 e. The molecule has 0 fully saturated rings. The molecule has 0 radical (unpaired) electrons. The maximum Gasteiger partial charge on any atom is 0.309 e. The molecule has 1 aromatic carbocycles. The lowest BCUT2D eigenvalue weighted by atomic mass is 10.0. The van der Waals surface area contributed by atoms with Crippen molar-refractivity contribution < 1.29 is 14.6 Å². The summed E-state index contributed by atoms with van der Waals surface area (Å²) in [6.07, 6.45) is 0.0413. The van der Waals surface area contributed by atoms with Gasteiger partial charge in [0.2, 0.25) is 0 Å². The van der Waals surface area contributed by atoms with E-state index in [2.05, 4.69) is 4.74 Å². The van der Waals surface area contributed by atoms with E-state index >= 15 is 0 Å². The largest absolute Gasteiger partial charge is 0.507 e. The number of rotatable bonds is 3. The van der Waals surface area contributed by atoms with Crippen molar-refractivity contribution in [3.05, 3.63) is 28.8 Å². The average Bonchev–Trinajstić information content (AvgIpc) is 2.28. The summed E-state index contributed by atoms with van der Waals surface area (Å²) in [5, 5.41) is 18.3. The van der Waals surface area contributed by atoms with Crippen LogP contribution in [-0.4, -0.2) is 18.2 Å². The van der Waals surface area contributed by atoms with Crippen LogP contribution in [0.4, 0.5) is 0 Å². The Morgan fingerprint density at radius 3 is 2.81 bits per heavy atom. The number of aromatic hydroxyl groups is 1. The number of ether oxygens (including phenoxy) is 1. The van der Waals surface area contributed by atoms with E-state index in [0.717, 1.165) is 0 Å². The third-order valence-electron chi connectivity index (χ3n) is 2.09. The Morgan fingerprint density at radius 2 is 2.31 bits per heavy atom. The minimum Gasteiger partial charge on any atom is -0.507 e. The SMILES string of the molecule is COC(=O)Cc1cc(O)c(C#N)c(CCl)c1. The van der Waals surface area contributed by atoms with Gasteiger partial charge in [0.15, 0.2) is 0 Å². The van der Waals surface area contributed by atoms with Gasteiger partial charge >= 0.3 is 5.97 Å². The lowest BCUT2D eigenvalue weighted by Gasteiger charge is -2.06. The Balaban J connectivity index is 3.11. The lowest BCUT2D eigenvalue weighted by Crippen LogP contribution is -2.05. The molecule has 0 saturated heterocycles. The van der Waals surface area contributed by atoms with E-state index < -0.39 is 5.97 Å². The molecule has 0 heterocycles.